The smallest absolute Gasteiger partial charge is 0.318 e. The summed E-state index contributed by atoms with van der Waals surface area (Å²) in [5.41, 5.74) is 1.73. The van der Waals surface area contributed by atoms with Gasteiger partial charge >= 0.3 is 6.03 Å². The van der Waals surface area contributed by atoms with E-state index in [0.717, 1.165) is 11.3 Å². The van der Waals surface area contributed by atoms with E-state index < -0.39 is 0 Å². The van der Waals surface area contributed by atoms with Crippen LogP contribution < -0.4 is 14.8 Å². The van der Waals surface area contributed by atoms with Crippen molar-refractivity contribution in [1.82, 2.24) is 10.2 Å². The molecule has 2 rings (SSSR count). The first-order valence-electron chi connectivity index (χ1n) is 8.59. The molecule has 1 N–H and O–H groups in total. The highest BCUT2D eigenvalue weighted by Gasteiger charge is 2.27. The molecule has 0 saturated carbocycles. The van der Waals surface area contributed by atoms with E-state index in [-0.39, 0.29) is 18.2 Å². The van der Waals surface area contributed by atoms with Crippen LogP contribution >= 0.6 is 0 Å². The highest BCUT2D eigenvalue weighted by Crippen LogP contribution is 2.29. The molecule has 0 saturated heterocycles. The molecule has 1 heterocycles. The molecule has 0 aliphatic carbocycles. The van der Waals surface area contributed by atoms with E-state index in [2.05, 4.69) is 17.1 Å². The van der Waals surface area contributed by atoms with Crippen LogP contribution in [-0.4, -0.2) is 56.1 Å². The summed E-state index contributed by atoms with van der Waals surface area (Å²) in [4.78, 5) is 19.5. The van der Waals surface area contributed by atoms with E-state index in [1.807, 2.05) is 32.0 Å². The molecule has 1 aromatic rings. The third kappa shape index (κ3) is 4.91. The number of rotatable bonds is 8. The van der Waals surface area contributed by atoms with Gasteiger partial charge in [-0.05, 0) is 32.0 Å². The summed E-state index contributed by atoms with van der Waals surface area (Å²) in [6.45, 7) is 8.45. The Morgan fingerprint density at radius 2 is 2.15 bits per heavy atom. The molecule has 7 nitrogen and oxygen atoms in total. The molecule has 1 atom stereocenters. The van der Waals surface area contributed by atoms with E-state index >= 15 is 0 Å². The fraction of sp³-hybridized carbons (Fsp3) is 0.474. The molecule has 0 aromatic heterocycles. The number of carbonyl (C=O) groups is 1. The van der Waals surface area contributed by atoms with Gasteiger partial charge in [0.15, 0.2) is 17.6 Å². The van der Waals surface area contributed by atoms with Crippen molar-refractivity contribution >= 4 is 11.7 Å². The number of ether oxygens (including phenoxy) is 2. The van der Waals surface area contributed by atoms with Gasteiger partial charge in [-0.3, -0.25) is 0 Å². The molecule has 2 amide bonds. The van der Waals surface area contributed by atoms with Gasteiger partial charge in [-0.1, -0.05) is 11.2 Å². The predicted octanol–water partition coefficient (Wildman–Crippen LogP) is 2.80. The quantitative estimate of drug-likeness (QED) is 0.723. The average molecular weight is 361 g/mol. The first kappa shape index (κ1) is 19.6. The van der Waals surface area contributed by atoms with Crippen LogP contribution in [0.25, 0.3) is 0 Å². The molecule has 0 radical (unpaired) electrons. The highest BCUT2D eigenvalue weighted by molar-refractivity contribution is 6.01. The van der Waals surface area contributed by atoms with Gasteiger partial charge in [0.2, 0.25) is 0 Å². The van der Waals surface area contributed by atoms with Crippen LogP contribution in [0.3, 0.4) is 0 Å². The van der Waals surface area contributed by atoms with Crippen LogP contribution in [0.5, 0.6) is 11.5 Å². The highest BCUT2D eigenvalue weighted by atomic mass is 16.6. The predicted molar refractivity (Wildman–Crippen MR) is 101 cm³/mol. The number of oxime groups is 1. The van der Waals surface area contributed by atoms with Gasteiger partial charge in [-0.25, -0.2) is 4.79 Å². The number of benzene rings is 1. The van der Waals surface area contributed by atoms with Crippen LogP contribution in [-0.2, 0) is 4.84 Å². The largest absolute Gasteiger partial charge is 0.493 e. The Morgan fingerprint density at radius 1 is 1.42 bits per heavy atom. The van der Waals surface area contributed by atoms with Gasteiger partial charge in [-0.2, -0.15) is 0 Å². The second kappa shape index (κ2) is 9.12. The molecule has 0 fully saturated rings. The summed E-state index contributed by atoms with van der Waals surface area (Å²) in [7, 11) is 3.19. The fourth-order valence-electron chi connectivity index (χ4n) is 2.69. The maximum Gasteiger partial charge on any atom is 0.318 e. The van der Waals surface area contributed by atoms with Crippen LogP contribution in [0.15, 0.2) is 36.0 Å². The van der Waals surface area contributed by atoms with Crippen molar-refractivity contribution in [1.29, 1.82) is 0 Å². The zero-order chi connectivity index (χ0) is 19.1. The zero-order valence-corrected chi connectivity index (χ0v) is 15.8. The topological polar surface area (TPSA) is 72.4 Å². The van der Waals surface area contributed by atoms with Crippen LogP contribution in [0, 0.1) is 0 Å². The Balaban J connectivity index is 2.02. The lowest BCUT2D eigenvalue weighted by molar-refractivity contribution is 0.0626. The zero-order valence-electron chi connectivity index (χ0n) is 15.8. The number of urea groups is 1. The van der Waals surface area contributed by atoms with Crippen LogP contribution in [0.1, 0.15) is 25.8 Å². The summed E-state index contributed by atoms with van der Waals surface area (Å²) in [5, 5.41) is 7.08. The lowest BCUT2D eigenvalue weighted by Gasteiger charge is -2.24. The number of carbonyl (C=O) groups excluding carboxylic acids is 1. The number of hydrogen-bond acceptors (Lipinski definition) is 5. The summed E-state index contributed by atoms with van der Waals surface area (Å²) in [6, 6.07) is 5.56. The molecule has 0 bridgehead atoms. The minimum atomic E-state index is -0.198. The number of hydrogen-bond donors (Lipinski definition) is 1. The molecule has 1 aromatic carbocycles. The van der Waals surface area contributed by atoms with E-state index in [1.165, 1.54) is 0 Å². The molecule has 26 heavy (non-hydrogen) atoms. The molecule has 1 aliphatic heterocycles. The van der Waals surface area contributed by atoms with Gasteiger partial charge in [-0.15, -0.1) is 6.58 Å². The molecule has 142 valence electrons. The Bertz CT molecular complexity index is 673. The standard InChI is InChI=1S/C19H27N3O4/c1-6-9-22(19(23)20-13(2)3)12-15-11-16(21-26-15)14-7-8-17(24-4)18(10-14)25-5/h6-8,10,13,15H,1,9,11-12H2,2-5H3,(H,20,23)/t15-/m0/s1. The Kier molecular flexibility index (Phi) is 6.89. The number of nitrogens with one attached hydrogen (secondary N) is 1. The Labute approximate surface area is 154 Å². The number of nitrogens with zero attached hydrogens (tertiary/aromatic N) is 2. The van der Waals surface area contributed by atoms with Crippen LogP contribution in [0.4, 0.5) is 4.79 Å². The lowest BCUT2D eigenvalue weighted by Crippen LogP contribution is -2.46. The van der Waals surface area contributed by atoms with E-state index in [9.17, 15) is 4.79 Å². The second-order valence-corrected chi connectivity index (χ2v) is 6.34. The van der Waals surface area contributed by atoms with Crippen molar-refractivity contribution in [2.75, 3.05) is 27.3 Å². The third-order valence-electron chi connectivity index (χ3n) is 3.92. The number of amides is 2. The normalized spacial score (nSPS) is 15.9. The summed E-state index contributed by atoms with van der Waals surface area (Å²) in [6.07, 6.45) is 2.11. The van der Waals surface area contributed by atoms with E-state index in [0.29, 0.717) is 31.0 Å². The molecular formula is C19H27N3O4. The SMILES string of the molecule is C=CCN(C[C@@H]1CC(c2ccc(OC)c(OC)c2)=NO1)C(=O)NC(C)C. The Hall–Kier alpha value is -2.70. The third-order valence-corrected chi connectivity index (χ3v) is 3.92. The molecule has 0 spiro atoms. The van der Waals surface area contributed by atoms with E-state index in [1.54, 1.807) is 25.2 Å². The molecule has 1 aliphatic rings. The van der Waals surface area contributed by atoms with Crippen molar-refractivity contribution in [2.24, 2.45) is 5.16 Å². The van der Waals surface area contributed by atoms with Gasteiger partial charge < -0.3 is 24.5 Å². The summed E-state index contributed by atoms with van der Waals surface area (Å²) >= 11 is 0. The lowest BCUT2D eigenvalue weighted by atomic mass is 10.0. The van der Waals surface area contributed by atoms with Gasteiger partial charge in [0, 0.05) is 24.6 Å². The maximum atomic E-state index is 12.3. The average Bonchev–Trinajstić information content (AvgIpc) is 3.08. The first-order chi connectivity index (χ1) is 12.5. The Morgan fingerprint density at radius 3 is 2.77 bits per heavy atom. The fourth-order valence-corrected chi connectivity index (χ4v) is 2.69. The van der Waals surface area contributed by atoms with Gasteiger partial charge in [0.1, 0.15) is 0 Å². The maximum absolute atomic E-state index is 12.3. The van der Waals surface area contributed by atoms with Crippen LogP contribution in [0.2, 0.25) is 0 Å². The van der Waals surface area contributed by atoms with E-state index in [4.69, 9.17) is 14.3 Å². The molecule has 7 heteroatoms. The second-order valence-electron chi connectivity index (χ2n) is 6.34. The summed E-state index contributed by atoms with van der Waals surface area (Å²) in [5.74, 6) is 1.30. The number of methoxy groups -OCH3 is 2. The van der Waals surface area contributed by atoms with Crippen molar-refractivity contribution in [2.45, 2.75) is 32.4 Å². The van der Waals surface area contributed by atoms with Gasteiger partial charge in [0.25, 0.3) is 0 Å². The molecule has 0 unspecified atom stereocenters. The minimum absolute atomic E-state index is 0.0675. The van der Waals surface area contributed by atoms with Gasteiger partial charge in [0.05, 0.1) is 26.5 Å². The first-order valence-corrected chi connectivity index (χ1v) is 8.59. The monoisotopic (exact) mass is 361 g/mol. The van der Waals surface area contributed by atoms with Crippen molar-refractivity contribution in [3.05, 3.63) is 36.4 Å². The molecular weight excluding hydrogens is 334 g/mol. The van der Waals surface area contributed by atoms with Crippen molar-refractivity contribution in [3.63, 3.8) is 0 Å². The summed E-state index contributed by atoms with van der Waals surface area (Å²) < 4.78 is 10.6. The van der Waals surface area contributed by atoms with Crippen molar-refractivity contribution in [3.8, 4) is 11.5 Å². The van der Waals surface area contributed by atoms with Crippen molar-refractivity contribution < 1.29 is 19.1 Å². The minimum Gasteiger partial charge on any atom is -0.493 e.